The number of H-pyrrole nitrogens is 1. The van der Waals surface area contributed by atoms with Crippen LogP contribution in [0, 0.1) is 0 Å². The van der Waals surface area contributed by atoms with Gasteiger partial charge in [-0.15, -0.1) is 0 Å². The van der Waals surface area contributed by atoms with Gasteiger partial charge < -0.3 is 16.5 Å². The maximum Gasteiger partial charge on any atom is 0.224 e. The summed E-state index contributed by atoms with van der Waals surface area (Å²) in [6.45, 7) is 2.92. The third kappa shape index (κ3) is 2.88. The van der Waals surface area contributed by atoms with Crippen LogP contribution in [0.2, 0.25) is 0 Å². The number of nitrogens with two attached hydrogens (primary N) is 2. The molecule has 3 aromatic heterocycles. The molecule has 8 nitrogen and oxygen atoms in total. The van der Waals surface area contributed by atoms with Crippen molar-refractivity contribution in [3.05, 3.63) is 35.9 Å². The Morgan fingerprint density at radius 1 is 1.12 bits per heavy atom. The molecule has 0 bridgehead atoms. The normalized spacial score (nSPS) is 16.7. The van der Waals surface area contributed by atoms with Gasteiger partial charge in [-0.1, -0.05) is 6.07 Å². The Balaban J connectivity index is 1.45. The number of pyridine rings is 1. The molecule has 1 fully saturated rings. The number of aromatic amines is 1. The predicted octanol–water partition coefficient (Wildman–Crippen LogP) is 1.29. The number of anilines is 2. The van der Waals surface area contributed by atoms with Crippen LogP contribution in [-0.2, 0) is 6.54 Å². The highest BCUT2D eigenvalue weighted by Crippen LogP contribution is 2.29. The standard InChI is InChI=1S/C16H20N8/c17-13-12-15(23-16(18)21-13)22-14(20-12)10-4-7-24(8-5-10)9-11-3-1-2-6-19-11/h1-3,6,10H,4-5,7-9H2,(H5,17,18,20,21,22,23). The van der Waals surface area contributed by atoms with E-state index >= 15 is 0 Å². The van der Waals surface area contributed by atoms with Gasteiger partial charge in [-0.3, -0.25) is 9.88 Å². The van der Waals surface area contributed by atoms with Gasteiger partial charge in [0.25, 0.3) is 0 Å². The summed E-state index contributed by atoms with van der Waals surface area (Å²) in [5, 5.41) is 0. The number of likely N-dealkylation sites (tertiary alicyclic amines) is 1. The Morgan fingerprint density at radius 2 is 1.96 bits per heavy atom. The number of rotatable bonds is 3. The Labute approximate surface area is 139 Å². The molecule has 5 N–H and O–H groups in total. The summed E-state index contributed by atoms with van der Waals surface area (Å²) in [4.78, 5) is 22.8. The van der Waals surface area contributed by atoms with E-state index in [1.807, 2.05) is 18.3 Å². The summed E-state index contributed by atoms with van der Waals surface area (Å²) in [5.41, 5.74) is 13.9. The first-order valence-corrected chi connectivity index (χ1v) is 8.10. The van der Waals surface area contributed by atoms with E-state index in [-0.39, 0.29) is 5.95 Å². The van der Waals surface area contributed by atoms with Crippen LogP contribution in [0.25, 0.3) is 11.2 Å². The van der Waals surface area contributed by atoms with E-state index in [1.54, 1.807) is 0 Å². The molecule has 0 atom stereocenters. The molecule has 1 saturated heterocycles. The highest BCUT2D eigenvalue weighted by atomic mass is 15.1. The second kappa shape index (κ2) is 6.04. The molecule has 24 heavy (non-hydrogen) atoms. The van der Waals surface area contributed by atoms with Crippen LogP contribution >= 0.6 is 0 Å². The largest absolute Gasteiger partial charge is 0.382 e. The lowest BCUT2D eigenvalue weighted by Gasteiger charge is -2.30. The molecular weight excluding hydrogens is 304 g/mol. The highest BCUT2D eigenvalue weighted by Gasteiger charge is 2.24. The molecular formula is C16H20N8. The van der Waals surface area contributed by atoms with Crippen molar-refractivity contribution in [2.75, 3.05) is 24.6 Å². The molecule has 0 aliphatic carbocycles. The first-order valence-electron chi connectivity index (χ1n) is 8.10. The van der Waals surface area contributed by atoms with Crippen molar-refractivity contribution >= 4 is 22.9 Å². The van der Waals surface area contributed by atoms with Gasteiger partial charge in [-0.25, -0.2) is 4.98 Å². The molecule has 4 heterocycles. The van der Waals surface area contributed by atoms with Crippen molar-refractivity contribution in [2.24, 2.45) is 0 Å². The molecule has 1 aliphatic heterocycles. The molecule has 1 aliphatic rings. The number of nitrogen functional groups attached to an aromatic ring is 2. The van der Waals surface area contributed by atoms with E-state index < -0.39 is 0 Å². The van der Waals surface area contributed by atoms with Gasteiger partial charge in [-0.05, 0) is 38.1 Å². The Morgan fingerprint density at radius 3 is 2.71 bits per heavy atom. The van der Waals surface area contributed by atoms with Crippen molar-refractivity contribution in [2.45, 2.75) is 25.3 Å². The van der Waals surface area contributed by atoms with Gasteiger partial charge in [0, 0.05) is 18.7 Å². The van der Waals surface area contributed by atoms with Crippen LogP contribution in [0.1, 0.15) is 30.3 Å². The van der Waals surface area contributed by atoms with E-state index in [0.29, 0.717) is 22.9 Å². The maximum atomic E-state index is 5.89. The fourth-order valence-electron chi connectivity index (χ4n) is 3.23. The predicted molar refractivity (Wildman–Crippen MR) is 92.0 cm³/mol. The fourth-order valence-corrected chi connectivity index (χ4v) is 3.23. The van der Waals surface area contributed by atoms with Crippen molar-refractivity contribution in [1.82, 2.24) is 29.8 Å². The number of nitrogens with one attached hydrogen (secondary N) is 1. The first kappa shape index (κ1) is 14.8. The molecule has 0 radical (unpaired) electrons. The zero-order chi connectivity index (χ0) is 16.5. The number of hydrogen-bond acceptors (Lipinski definition) is 7. The maximum absolute atomic E-state index is 5.89. The van der Waals surface area contributed by atoms with Crippen molar-refractivity contribution in [1.29, 1.82) is 0 Å². The van der Waals surface area contributed by atoms with Crippen molar-refractivity contribution in [3.63, 3.8) is 0 Å². The number of aromatic nitrogens is 5. The monoisotopic (exact) mass is 324 g/mol. The average molecular weight is 324 g/mol. The average Bonchev–Trinajstić information content (AvgIpc) is 3.01. The zero-order valence-corrected chi connectivity index (χ0v) is 13.3. The van der Waals surface area contributed by atoms with E-state index in [4.69, 9.17) is 11.5 Å². The van der Waals surface area contributed by atoms with Gasteiger partial charge in [0.15, 0.2) is 11.5 Å². The fraction of sp³-hybridized carbons (Fsp3) is 0.375. The van der Waals surface area contributed by atoms with Gasteiger partial charge in [-0.2, -0.15) is 9.97 Å². The molecule has 0 spiro atoms. The lowest BCUT2D eigenvalue weighted by Crippen LogP contribution is -2.33. The molecule has 124 valence electrons. The summed E-state index contributed by atoms with van der Waals surface area (Å²) < 4.78 is 0. The van der Waals surface area contributed by atoms with Gasteiger partial charge in [0.2, 0.25) is 5.95 Å². The van der Waals surface area contributed by atoms with E-state index in [0.717, 1.165) is 44.0 Å². The number of hydrogen-bond donors (Lipinski definition) is 3. The Hall–Kier alpha value is -2.74. The summed E-state index contributed by atoms with van der Waals surface area (Å²) >= 11 is 0. The van der Waals surface area contributed by atoms with Crippen molar-refractivity contribution in [3.8, 4) is 0 Å². The molecule has 0 aromatic carbocycles. The second-order valence-corrected chi connectivity index (χ2v) is 6.16. The van der Waals surface area contributed by atoms with E-state index in [1.165, 1.54) is 0 Å². The lowest BCUT2D eigenvalue weighted by atomic mass is 9.96. The third-order valence-corrected chi connectivity index (χ3v) is 4.50. The number of fused-ring (bicyclic) bond motifs is 1. The van der Waals surface area contributed by atoms with Gasteiger partial charge in [0.1, 0.15) is 11.3 Å². The minimum absolute atomic E-state index is 0.156. The second-order valence-electron chi connectivity index (χ2n) is 6.16. The van der Waals surface area contributed by atoms with Crippen molar-refractivity contribution < 1.29 is 0 Å². The van der Waals surface area contributed by atoms with Crippen LogP contribution in [0.5, 0.6) is 0 Å². The number of imidazole rings is 1. The number of piperidine rings is 1. The Bertz CT molecular complexity index is 836. The SMILES string of the molecule is Nc1nc(N)c2[nH]c(C3CCN(Cc4ccccn4)CC3)nc2n1. The van der Waals surface area contributed by atoms with Gasteiger partial charge in [0.05, 0.1) is 5.69 Å². The molecule has 0 unspecified atom stereocenters. The van der Waals surface area contributed by atoms with Crippen LogP contribution in [-0.4, -0.2) is 42.9 Å². The van der Waals surface area contributed by atoms with Crippen LogP contribution < -0.4 is 11.5 Å². The molecule has 8 heteroatoms. The summed E-state index contributed by atoms with van der Waals surface area (Å²) in [7, 11) is 0. The Kier molecular flexibility index (Phi) is 3.73. The molecule has 3 aromatic rings. The first-order chi connectivity index (χ1) is 11.7. The minimum atomic E-state index is 0.156. The molecule has 4 rings (SSSR count). The summed E-state index contributed by atoms with van der Waals surface area (Å²) in [6.07, 6.45) is 3.92. The lowest BCUT2D eigenvalue weighted by molar-refractivity contribution is 0.200. The zero-order valence-electron chi connectivity index (χ0n) is 13.3. The van der Waals surface area contributed by atoms with E-state index in [9.17, 15) is 0 Å². The smallest absolute Gasteiger partial charge is 0.224 e. The van der Waals surface area contributed by atoms with E-state index in [2.05, 4.69) is 35.9 Å². The van der Waals surface area contributed by atoms with Crippen LogP contribution in [0.4, 0.5) is 11.8 Å². The summed E-state index contributed by atoms with van der Waals surface area (Å²) in [5.74, 6) is 1.81. The van der Waals surface area contributed by atoms with Gasteiger partial charge >= 0.3 is 0 Å². The topological polar surface area (TPSA) is 123 Å². The number of nitrogens with zero attached hydrogens (tertiary/aromatic N) is 5. The van der Waals surface area contributed by atoms with Crippen LogP contribution in [0.15, 0.2) is 24.4 Å². The molecule has 0 amide bonds. The summed E-state index contributed by atoms with van der Waals surface area (Å²) in [6, 6.07) is 6.04. The molecule has 0 saturated carbocycles. The quantitative estimate of drug-likeness (QED) is 0.663. The minimum Gasteiger partial charge on any atom is -0.382 e. The highest BCUT2D eigenvalue weighted by molar-refractivity contribution is 5.82. The third-order valence-electron chi connectivity index (χ3n) is 4.50. The van der Waals surface area contributed by atoms with Crippen LogP contribution in [0.3, 0.4) is 0 Å².